The lowest BCUT2D eigenvalue weighted by atomic mass is 10.0. The molecule has 0 aliphatic rings. The molecule has 0 bridgehead atoms. The number of benzene rings is 2. The highest BCUT2D eigenvalue weighted by Gasteiger charge is 2.17. The molecule has 0 unspecified atom stereocenters. The van der Waals surface area contributed by atoms with Gasteiger partial charge in [-0.05, 0) is 23.8 Å². The van der Waals surface area contributed by atoms with E-state index in [0.717, 1.165) is 38.9 Å². The molecule has 5 rings (SSSR count). The monoisotopic (exact) mass is 312 g/mol. The molecule has 0 fully saturated rings. The van der Waals surface area contributed by atoms with Crippen molar-refractivity contribution in [2.75, 3.05) is 0 Å². The first-order valence-electron chi connectivity index (χ1n) is 7.64. The Bertz CT molecular complexity index is 1160. The summed E-state index contributed by atoms with van der Waals surface area (Å²) in [4.78, 5) is 4.61. The standard InChI is InChI=1S/C19H12N4O/c1-2-6-13(7-3-1)18-14-10-11-24-17(14)12-20-19(18)23-16-9-5-4-8-15(16)21-22-23/h1-12H. The first-order valence-corrected chi connectivity index (χ1v) is 7.64. The number of para-hydroxylation sites is 1. The maximum Gasteiger partial charge on any atom is 0.164 e. The van der Waals surface area contributed by atoms with Crippen molar-refractivity contribution < 1.29 is 4.42 Å². The van der Waals surface area contributed by atoms with Crippen LogP contribution in [0, 0.1) is 0 Å². The second kappa shape index (κ2) is 5.03. The van der Waals surface area contributed by atoms with Gasteiger partial charge in [0.1, 0.15) is 5.52 Å². The van der Waals surface area contributed by atoms with Crippen LogP contribution in [0.15, 0.2) is 77.5 Å². The Morgan fingerprint density at radius 3 is 2.62 bits per heavy atom. The molecule has 3 aromatic heterocycles. The first-order chi connectivity index (χ1) is 11.9. The lowest BCUT2D eigenvalue weighted by molar-refractivity contribution is 0.614. The summed E-state index contributed by atoms with van der Waals surface area (Å²) in [6, 6.07) is 20.0. The van der Waals surface area contributed by atoms with Gasteiger partial charge in [-0.3, -0.25) is 0 Å². The third-order valence-corrected chi connectivity index (χ3v) is 4.11. The number of nitrogens with zero attached hydrogens (tertiary/aromatic N) is 4. The minimum atomic E-state index is 0.740. The molecule has 0 spiro atoms. The van der Waals surface area contributed by atoms with Gasteiger partial charge in [0.25, 0.3) is 0 Å². The van der Waals surface area contributed by atoms with E-state index in [9.17, 15) is 0 Å². The van der Waals surface area contributed by atoms with Gasteiger partial charge in [0, 0.05) is 10.9 Å². The molecule has 0 radical (unpaired) electrons. The van der Waals surface area contributed by atoms with E-state index >= 15 is 0 Å². The molecular formula is C19H12N4O. The molecule has 114 valence electrons. The number of fused-ring (bicyclic) bond motifs is 2. The fraction of sp³-hybridized carbons (Fsp3) is 0. The smallest absolute Gasteiger partial charge is 0.164 e. The number of aromatic nitrogens is 4. The number of hydrogen-bond donors (Lipinski definition) is 0. The minimum absolute atomic E-state index is 0.740. The Hall–Kier alpha value is -3.47. The molecule has 0 aliphatic carbocycles. The Morgan fingerprint density at radius 1 is 0.875 bits per heavy atom. The summed E-state index contributed by atoms with van der Waals surface area (Å²) in [6.07, 6.45) is 3.41. The largest absolute Gasteiger partial charge is 0.463 e. The normalized spacial score (nSPS) is 11.3. The predicted octanol–water partition coefficient (Wildman–Crippen LogP) is 4.23. The molecule has 5 nitrogen and oxygen atoms in total. The average Bonchev–Trinajstić information content (AvgIpc) is 3.28. The molecule has 0 N–H and O–H groups in total. The van der Waals surface area contributed by atoms with Crippen molar-refractivity contribution in [1.29, 1.82) is 0 Å². The van der Waals surface area contributed by atoms with Crippen LogP contribution in [0.2, 0.25) is 0 Å². The first kappa shape index (κ1) is 13.0. The van der Waals surface area contributed by atoms with Gasteiger partial charge in [0.15, 0.2) is 11.4 Å². The lowest BCUT2D eigenvalue weighted by Crippen LogP contribution is -2.02. The third kappa shape index (κ3) is 1.85. The number of furan rings is 1. The SMILES string of the molecule is c1ccc(-c2c(-n3nnc4ccccc43)ncc3occc23)cc1. The minimum Gasteiger partial charge on any atom is -0.463 e. The van der Waals surface area contributed by atoms with Crippen LogP contribution in [-0.4, -0.2) is 20.0 Å². The van der Waals surface area contributed by atoms with Crippen molar-refractivity contribution in [2.24, 2.45) is 0 Å². The van der Waals surface area contributed by atoms with Crippen molar-refractivity contribution in [2.45, 2.75) is 0 Å². The maximum atomic E-state index is 5.53. The van der Waals surface area contributed by atoms with Crippen molar-refractivity contribution in [3.8, 4) is 16.9 Å². The molecule has 0 atom stereocenters. The zero-order valence-electron chi connectivity index (χ0n) is 12.6. The second-order valence-corrected chi connectivity index (χ2v) is 5.51. The van der Waals surface area contributed by atoms with Crippen molar-refractivity contribution in [1.82, 2.24) is 20.0 Å². The lowest BCUT2D eigenvalue weighted by Gasteiger charge is -2.10. The van der Waals surface area contributed by atoms with Gasteiger partial charge in [-0.25, -0.2) is 4.98 Å². The maximum absolute atomic E-state index is 5.53. The van der Waals surface area contributed by atoms with Crippen molar-refractivity contribution >= 4 is 22.0 Å². The molecule has 3 heterocycles. The zero-order chi connectivity index (χ0) is 15.9. The summed E-state index contributed by atoms with van der Waals surface area (Å²) < 4.78 is 7.31. The Morgan fingerprint density at radius 2 is 1.71 bits per heavy atom. The van der Waals surface area contributed by atoms with Gasteiger partial charge in [0.2, 0.25) is 0 Å². The summed E-state index contributed by atoms with van der Waals surface area (Å²) in [5, 5.41) is 9.57. The van der Waals surface area contributed by atoms with Crippen LogP contribution in [0.4, 0.5) is 0 Å². The highest BCUT2D eigenvalue weighted by atomic mass is 16.3. The van der Waals surface area contributed by atoms with E-state index in [4.69, 9.17) is 4.42 Å². The van der Waals surface area contributed by atoms with Gasteiger partial charge in [0.05, 0.1) is 18.0 Å². The van der Waals surface area contributed by atoms with E-state index in [1.165, 1.54) is 0 Å². The fourth-order valence-corrected chi connectivity index (χ4v) is 3.01. The summed E-state index contributed by atoms with van der Waals surface area (Å²) in [5.41, 5.74) is 4.56. The average molecular weight is 312 g/mol. The van der Waals surface area contributed by atoms with Crippen LogP contribution in [0.25, 0.3) is 38.9 Å². The molecule has 0 amide bonds. The molecule has 0 saturated heterocycles. The van der Waals surface area contributed by atoms with Crippen molar-refractivity contribution in [3.63, 3.8) is 0 Å². The van der Waals surface area contributed by atoms with Crippen LogP contribution in [0.5, 0.6) is 0 Å². The summed E-state index contributed by atoms with van der Waals surface area (Å²) in [7, 11) is 0. The Labute approximate surface area is 137 Å². The van der Waals surface area contributed by atoms with E-state index in [2.05, 4.69) is 27.4 Å². The van der Waals surface area contributed by atoms with Gasteiger partial charge in [-0.15, -0.1) is 5.10 Å². The van der Waals surface area contributed by atoms with Crippen LogP contribution >= 0.6 is 0 Å². The second-order valence-electron chi connectivity index (χ2n) is 5.51. The van der Waals surface area contributed by atoms with Gasteiger partial charge in [-0.1, -0.05) is 47.7 Å². The van der Waals surface area contributed by atoms with E-state index in [-0.39, 0.29) is 0 Å². The molecule has 0 aliphatic heterocycles. The van der Waals surface area contributed by atoms with Crippen LogP contribution in [0.1, 0.15) is 0 Å². The van der Waals surface area contributed by atoms with E-state index in [1.54, 1.807) is 17.1 Å². The van der Waals surface area contributed by atoms with Gasteiger partial charge < -0.3 is 4.42 Å². The molecule has 5 aromatic rings. The topological polar surface area (TPSA) is 56.7 Å². The van der Waals surface area contributed by atoms with Crippen molar-refractivity contribution in [3.05, 3.63) is 73.1 Å². The number of pyridine rings is 1. The van der Waals surface area contributed by atoms with Crippen LogP contribution in [0.3, 0.4) is 0 Å². The molecule has 5 heteroatoms. The molecule has 24 heavy (non-hydrogen) atoms. The molecular weight excluding hydrogens is 300 g/mol. The molecule has 2 aromatic carbocycles. The van der Waals surface area contributed by atoms with Gasteiger partial charge >= 0.3 is 0 Å². The number of hydrogen-bond acceptors (Lipinski definition) is 4. The highest BCUT2D eigenvalue weighted by molar-refractivity contribution is 5.97. The van der Waals surface area contributed by atoms with E-state index in [1.807, 2.05) is 48.5 Å². The Balaban J connectivity index is 1.89. The van der Waals surface area contributed by atoms with Gasteiger partial charge in [-0.2, -0.15) is 4.68 Å². The summed E-state index contributed by atoms with van der Waals surface area (Å²) >= 11 is 0. The predicted molar refractivity (Wildman–Crippen MR) is 91.9 cm³/mol. The van der Waals surface area contributed by atoms with E-state index in [0.29, 0.717) is 0 Å². The van der Waals surface area contributed by atoms with E-state index < -0.39 is 0 Å². The van der Waals surface area contributed by atoms with Crippen LogP contribution < -0.4 is 0 Å². The number of rotatable bonds is 2. The Kier molecular flexibility index (Phi) is 2.72. The highest BCUT2D eigenvalue weighted by Crippen LogP contribution is 2.34. The van der Waals surface area contributed by atoms with Crippen LogP contribution in [-0.2, 0) is 0 Å². The summed E-state index contributed by atoms with van der Waals surface area (Å²) in [6.45, 7) is 0. The summed E-state index contributed by atoms with van der Waals surface area (Å²) in [5.74, 6) is 0.740. The molecule has 0 saturated carbocycles. The zero-order valence-corrected chi connectivity index (χ0v) is 12.6. The third-order valence-electron chi connectivity index (χ3n) is 4.11. The fourth-order valence-electron chi connectivity index (χ4n) is 3.01. The quantitative estimate of drug-likeness (QED) is 0.489.